The lowest BCUT2D eigenvalue weighted by molar-refractivity contribution is -0.117. The molecule has 2 N–H and O–H groups in total. The van der Waals surface area contributed by atoms with Crippen LogP contribution in [0.5, 0.6) is 5.75 Å². The Morgan fingerprint density at radius 3 is 2.42 bits per heavy atom. The van der Waals surface area contributed by atoms with Crippen molar-refractivity contribution in [3.05, 3.63) is 91.4 Å². The second kappa shape index (κ2) is 13.7. The molecule has 8 nitrogen and oxygen atoms in total. The Balaban J connectivity index is 1.61. The minimum Gasteiger partial charge on any atom is -0.490 e. The number of likely N-dealkylation sites (N-methyl/N-ethyl adjacent to an activating group) is 1. The normalized spacial score (nSPS) is 14.7. The number of hydrogen-bond acceptors (Lipinski definition) is 6. The van der Waals surface area contributed by atoms with Gasteiger partial charge in [0.05, 0.1) is 40.2 Å². The third kappa shape index (κ3) is 7.46. The number of hydrogen-bond donors (Lipinski definition) is 2. The first-order valence-corrected chi connectivity index (χ1v) is 13.7. The second-order valence-electron chi connectivity index (χ2n) is 9.04. The van der Waals surface area contributed by atoms with Crippen LogP contribution in [0.4, 0.5) is 5.69 Å². The van der Waals surface area contributed by atoms with Crippen molar-refractivity contribution in [3.8, 4) is 5.75 Å². The van der Waals surface area contributed by atoms with Crippen molar-refractivity contribution in [3.63, 3.8) is 0 Å². The lowest BCUT2D eigenvalue weighted by Crippen LogP contribution is -2.42. The van der Waals surface area contributed by atoms with E-state index in [0.717, 1.165) is 6.54 Å². The molecule has 1 atom stereocenters. The van der Waals surface area contributed by atoms with E-state index in [4.69, 9.17) is 55.9 Å². The average molecular weight is 624 g/mol. The summed E-state index contributed by atoms with van der Waals surface area (Å²) >= 11 is 25.4. The number of carbonyl (C=O) groups is 2. The van der Waals surface area contributed by atoms with Crippen LogP contribution in [0, 0.1) is 0 Å². The number of rotatable bonds is 10. The Kier molecular flexibility index (Phi) is 10.3. The number of fused-ring (bicyclic) bond motifs is 1. The number of carbonyl (C=O) groups excluding carboxylic acids is 2. The molecule has 1 heterocycles. The van der Waals surface area contributed by atoms with Gasteiger partial charge in [-0.05, 0) is 50.5 Å². The van der Waals surface area contributed by atoms with Gasteiger partial charge in [0.15, 0.2) is 0 Å². The van der Waals surface area contributed by atoms with E-state index in [1.165, 1.54) is 18.2 Å². The zero-order valence-electron chi connectivity index (χ0n) is 21.6. The molecule has 40 heavy (non-hydrogen) atoms. The predicted octanol–water partition coefficient (Wildman–Crippen LogP) is 5.80. The number of ether oxygens (including phenoxy) is 2. The third-order valence-corrected chi connectivity index (χ3v) is 6.86. The zero-order valence-corrected chi connectivity index (χ0v) is 24.7. The first-order valence-electron chi connectivity index (χ1n) is 12.2. The molecule has 0 saturated carbocycles. The van der Waals surface area contributed by atoms with Gasteiger partial charge in [-0.1, -0.05) is 64.6 Å². The minimum absolute atomic E-state index is 0.134. The highest BCUT2D eigenvalue weighted by Gasteiger charge is 2.30. The quantitative estimate of drug-likeness (QED) is 0.278. The number of para-hydroxylation sites is 1. The molecule has 0 radical (unpaired) electrons. The molecule has 3 aromatic rings. The smallest absolute Gasteiger partial charge is 0.269 e. The minimum atomic E-state index is -1.33. The average Bonchev–Trinajstić information content (AvgIpc) is 3.02. The maximum Gasteiger partial charge on any atom is 0.269 e. The molecule has 12 heteroatoms. The molecular formula is C28H26Cl4N4O4. The van der Waals surface area contributed by atoms with Crippen LogP contribution in [0.1, 0.15) is 21.5 Å². The van der Waals surface area contributed by atoms with Crippen molar-refractivity contribution in [2.24, 2.45) is 4.99 Å². The second-order valence-corrected chi connectivity index (χ2v) is 10.7. The van der Waals surface area contributed by atoms with E-state index in [1.807, 2.05) is 19.0 Å². The van der Waals surface area contributed by atoms with E-state index >= 15 is 0 Å². The van der Waals surface area contributed by atoms with E-state index in [9.17, 15) is 9.59 Å². The first-order chi connectivity index (χ1) is 19.1. The van der Waals surface area contributed by atoms with Crippen molar-refractivity contribution in [1.29, 1.82) is 0 Å². The van der Waals surface area contributed by atoms with Crippen molar-refractivity contribution in [1.82, 2.24) is 10.2 Å². The zero-order chi connectivity index (χ0) is 28.8. The van der Waals surface area contributed by atoms with Gasteiger partial charge < -0.3 is 25.0 Å². The summed E-state index contributed by atoms with van der Waals surface area (Å²) in [4.78, 5) is 33.3. The molecule has 0 saturated heterocycles. The van der Waals surface area contributed by atoms with E-state index in [0.29, 0.717) is 45.8 Å². The van der Waals surface area contributed by atoms with E-state index in [2.05, 4.69) is 15.6 Å². The summed E-state index contributed by atoms with van der Waals surface area (Å²) < 4.78 is 11.4. The maximum absolute atomic E-state index is 13.4. The van der Waals surface area contributed by atoms with Crippen molar-refractivity contribution in [2.45, 2.75) is 6.17 Å². The van der Waals surface area contributed by atoms with Crippen molar-refractivity contribution >= 4 is 69.6 Å². The first kappa shape index (κ1) is 30.1. The van der Waals surface area contributed by atoms with Crippen molar-refractivity contribution < 1.29 is 19.1 Å². The number of amides is 2. The van der Waals surface area contributed by atoms with Crippen LogP contribution in [-0.4, -0.2) is 69.1 Å². The molecule has 2 amide bonds. The fourth-order valence-electron chi connectivity index (χ4n) is 3.89. The molecular weight excluding hydrogens is 598 g/mol. The number of benzene rings is 3. The van der Waals surface area contributed by atoms with Crippen molar-refractivity contribution in [2.75, 3.05) is 45.8 Å². The molecule has 0 bridgehead atoms. The van der Waals surface area contributed by atoms with Gasteiger partial charge in [0, 0.05) is 27.7 Å². The molecule has 1 aliphatic heterocycles. The highest BCUT2D eigenvalue weighted by Crippen LogP contribution is 2.34. The Labute approximate surface area is 252 Å². The van der Waals surface area contributed by atoms with Gasteiger partial charge in [-0.25, -0.2) is 4.99 Å². The van der Waals surface area contributed by atoms with Crippen LogP contribution in [0.25, 0.3) is 0 Å². The van der Waals surface area contributed by atoms with Gasteiger partial charge in [0.25, 0.3) is 11.8 Å². The number of benzodiazepines with no additional fused rings is 1. The number of anilines is 1. The number of nitrogens with one attached hydrogen (secondary N) is 2. The summed E-state index contributed by atoms with van der Waals surface area (Å²) in [5.41, 5.74) is 1.86. The topological polar surface area (TPSA) is 92.3 Å². The highest BCUT2D eigenvalue weighted by atomic mass is 35.5. The third-order valence-electron chi connectivity index (χ3n) is 5.81. The van der Waals surface area contributed by atoms with Crippen LogP contribution in [0.15, 0.2) is 59.6 Å². The van der Waals surface area contributed by atoms with E-state index in [-0.39, 0.29) is 28.0 Å². The maximum atomic E-state index is 13.4. The molecule has 0 aromatic heterocycles. The largest absolute Gasteiger partial charge is 0.490 e. The summed E-state index contributed by atoms with van der Waals surface area (Å²) in [6, 6.07) is 14.7. The Morgan fingerprint density at radius 2 is 1.70 bits per heavy atom. The summed E-state index contributed by atoms with van der Waals surface area (Å²) in [7, 11) is 3.91. The standard InChI is InChI=1S/C28H26Cl4N4O4/c1-36(2)9-10-39-11-12-40-23-8-7-16(29)13-19(23)27(37)35-26-28(38)33-22-6-4-3-5-18(22)25(34-26)24-20(31)14-17(30)15-21(24)32/h3-8,13-15,26H,9-12H2,1-2H3,(H,33,38)(H,35,37). The van der Waals surface area contributed by atoms with Gasteiger partial charge in [-0.2, -0.15) is 0 Å². The number of aliphatic imine (C=N–C) groups is 1. The summed E-state index contributed by atoms with van der Waals surface area (Å²) in [5, 5.41) is 6.63. The highest BCUT2D eigenvalue weighted by molar-refractivity contribution is 6.44. The Bertz CT molecular complexity index is 1420. The molecule has 3 aromatic carbocycles. The monoisotopic (exact) mass is 622 g/mol. The van der Waals surface area contributed by atoms with E-state index in [1.54, 1.807) is 36.4 Å². The predicted molar refractivity (Wildman–Crippen MR) is 160 cm³/mol. The van der Waals surface area contributed by atoms with Gasteiger partial charge in [-0.3, -0.25) is 9.59 Å². The van der Waals surface area contributed by atoms with Crippen LogP contribution in [-0.2, 0) is 9.53 Å². The summed E-state index contributed by atoms with van der Waals surface area (Å²) in [6.45, 7) is 1.86. The van der Waals surface area contributed by atoms with Gasteiger partial charge >= 0.3 is 0 Å². The summed E-state index contributed by atoms with van der Waals surface area (Å²) in [6.07, 6.45) is -1.33. The summed E-state index contributed by atoms with van der Waals surface area (Å²) in [5.74, 6) is -0.896. The molecule has 1 aliphatic rings. The molecule has 210 valence electrons. The van der Waals surface area contributed by atoms with Crippen LogP contribution < -0.4 is 15.4 Å². The molecule has 4 rings (SSSR count). The van der Waals surface area contributed by atoms with Gasteiger partial charge in [-0.15, -0.1) is 0 Å². The van der Waals surface area contributed by atoms with Crippen LogP contribution >= 0.6 is 46.4 Å². The number of nitrogens with zero attached hydrogens (tertiary/aromatic N) is 2. The van der Waals surface area contributed by atoms with Gasteiger partial charge in [0.2, 0.25) is 6.17 Å². The lowest BCUT2D eigenvalue weighted by atomic mass is 10.0. The Morgan fingerprint density at radius 1 is 0.975 bits per heavy atom. The van der Waals surface area contributed by atoms with Gasteiger partial charge in [0.1, 0.15) is 12.4 Å². The fraction of sp³-hybridized carbons (Fsp3) is 0.250. The van der Waals surface area contributed by atoms with Crippen LogP contribution in [0.2, 0.25) is 20.1 Å². The fourth-order valence-corrected chi connectivity index (χ4v) is 5.06. The SMILES string of the molecule is CN(C)CCOCCOc1ccc(Cl)cc1C(=O)NC1N=C(c2c(Cl)cc(Cl)cc2Cl)c2ccccc2NC1=O. The van der Waals surface area contributed by atoms with Crippen LogP contribution in [0.3, 0.4) is 0 Å². The molecule has 0 spiro atoms. The molecule has 0 fully saturated rings. The lowest BCUT2D eigenvalue weighted by Gasteiger charge is -2.16. The number of halogens is 4. The molecule has 1 unspecified atom stereocenters. The Hall–Kier alpha value is -2.85. The molecule has 0 aliphatic carbocycles. The van der Waals surface area contributed by atoms with E-state index < -0.39 is 18.0 Å².